The van der Waals surface area contributed by atoms with Gasteiger partial charge in [-0.05, 0) is 38.1 Å². The van der Waals surface area contributed by atoms with Crippen LogP contribution in [0.1, 0.15) is 21.5 Å². The van der Waals surface area contributed by atoms with Gasteiger partial charge in [0.25, 0.3) is 0 Å². The maximum absolute atomic E-state index is 13.0. The Bertz CT molecular complexity index is 542. The molecule has 1 unspecified atom stereocenters. The number of likely N-dealkylation sites (N-methyl/N-ethyl adjacent to an activating group) is 1. The Morgan fingerprint density at radius 2 is 2.28 bits per heavy atom. The predicted octanol–water partition coefficient (Wildman–Crippen LogP) is 3.86. The first-order valence-corrected chi connectivity index (χ1v) is 7.24. The molecule has 0 aliphatic carbocycles. The van der Waals surface area contributed by atoms with E-state index in [4.69, 9.17) is 0 Å². The van der Waals surface area contributed by atoms with Gasteiger partial charge < -0.3 is 5.32 Å². The van der Waals surface area contributed by atoms with E-state index < -0.39 is 0 Å². The summed E-state index contributed by atoms with van der Waals surface area (Å²) in [7, 11) is 1.93. The minimum Gasteiger partial charge on any atom is -0.312 e. The lowest BCUT2D eigenvalue weighted by Gasteiger charge is -2.15. The van der Waals surface area contributed by atoms with Gasteiger partial charge in [0.2, 0.25) is 0 Å². The fourth-order valence-electron chi connectivity index (χ4n) is 1.79. The number of rotatable bonds is 4. The maximum atomic E-state index is 13.0. The number of aryl methyl sites for hydroxylation is 1. The normalized spacial score (nSPS) is 12.7. The van der Waals surface area contributed by atoms with Crippen molar-refractivity contribution < 1.29 is 4.39 Å². The van der Waals surface area contributed by atoms with Gasteiger partial charge in [0, 0.05) is 21.6 Å². The van der Waals surface area contributed by atoms with Gasteiger partial charge in [-0.2, -0.15) is 0 Å². The molecule has 1 aromatic heterocycles. The number of hydrogen-bond acceptors (Lipinski definition) is 3. The van der Waals surface area contributed by atoms with Gasteiger partial charge in [-0.25, -0.2) is 9.37 Å². The van der Waals surface area contributed by atoms with Crippen molar-refractivity contribution in [1.29, 1.82) is 0 Å². The van der Waals surface area contributed by atoms with Crippen LogP contribution in [0.4, 0.5) is 4.39 Å². The number of nitrogens with one attached hydrogen (secondary N) is 1. The number of hydrogen-bond donors (Lipinski definition) is 1. The van der Waals surface area contributed by atoms with Gasteiger partial charge >= 0.3 is 0 Å². The maximum Gasteiger partial charge on any atom is 0.124 e. The van der Waals surface area contributed by atoms with Gasteiger partial charge in [0.15, 0.2) is 0 Å². The molecule has 0 fully saturated rings. The lowest BCUT2D eigenvalue weighted by atomic mass is 10.1. The zero-order valence-corrected chi connectivity index (χ0v) is 12.6. The molecule has 18 heavy (non-hydrogen) atoms. The standard InChI is InChI=1S/C13H14BrFN2S/c1-8-17-7-13(18-8)12(16-2)5-9-3-4-10(15)6-11(9)14/h3-4,6-7,12,16H,5H2,1-2H3. The largest absolute Gasteiger partial charge is 0.312 e. The third kappa shape index (κ3) is 3.16. The van der Waals surface area contributed by atoms with Crippen LogP contribution < -0.4 is 5.32 Å². The van der Waals surface area contributed by atoms with Gasteiger partial charge in [-0.15, -0.1) is 11.3 Å². The van der Waals surface area contributed by atoms with Gasteiger partial charge in [-0.3, -0.25) is 0 Å². The lowest BCUT2D eigenvalue weighted by molar-refractivity contribution is 0.595. The molecule has 0 saturated heterocycles. The first kappa shape index (κ1) is 13.6. The third-order valence-corrected chi connectivity index (χ3v) is 4.53. The first-order valence-electron chi connectivity index (χ1n) is 5.63. The number of nitrogens with zero attached hydrogens (tertiary/aromatic N) is 1. The smallest absolute Gasteiger partial charge is 0.124 e. The van der Waals surface area contributed by atoms with Crippen molar-refractivity contribution in [2.75, 3.05) is 7.05 Å². The summed E-state index contributed by atoms with van der Waals surface area (Å²) in [5.41, 5.74) is 1.09. The van der Waals surface area contributed by atoms with Gasteiger partial charge in [-0.1, -0.05) is 22.0 Å². The molecule has 0 spiro atoms. The Balaban J connectivity index is 2.20. The molecule has 0 saturated carbocycles. The van der Waals surface area contributed by atoms with Crippen LogP contribution in [0.3, 0.4) is 0 Å². The van der Waals surface area contributed by atoms with Crippen molar-refractivity contribution >= 4 is 27.3 Å². The minimum atomic E-state index is -0.222. The Morgan fingerprint density at radius 3 is 2.83 bits per heavy atom. The van der Waals surface area contributed by atoms with Crippen LogP contribution in [-0.4, -0.2) is 12.0 Å². The summed E-state index contributed by atoms with van der Waals surface area (Å²) in [4.78, 5) is 5.47. The van der Waals surface area contributed by atoms with E-state index in [0.717, 1.165) is 21.5 Å². The van der Waals surface area contributed by atoms with Crippen molar-refractivity contribution in [2.24, 2.45) is 0 Å². The molecule has 0 aliphatic heterocycles. The Morgan fingerprint density at radius 1 is 1.50 bits per heavy atom. The molecular formula is C13H14BrFN2S. The fourth-order valence-corrected chi connectivity index (χ4v) is 3.20. The molecule has 2 rings (SSSR count). The molecule has 5 heteroatoms. The molecule has 2 nitrogen and oxygen atoms in total. The average Bonchev–Trinajstić information content (AvgIpc) is 2.75. The van der Waals surface area contributed by atoms with Crippen molar-refractivity contribution in [2.45, 2.75) is 19.4 Å². The second-order valence-corrected chi connectivity index (χ2v) is 6.18. The highest BCUT2D eigenvalue weighted by molar-refractivity contribution is 9.10. The number of halogens is 2. The molecule has 1 atom stereocenters. The van der Waals surface area contributed by atoms with E-state index in [9.17, 15) is 4.39 Å². The van der Waals surface area contributed by atoms with E-state index in [1.807, 2.05) is 26.2 Å². The SMILES string of the molecule is CNC(Cc1ccc(F)cc1Br)c1cnc(C)s1. The highest BCUT2D eigenvalue weighted by Gasteiger charge is 2.14. The van der Waals surface area contributed by atoms with Gasteiger partial charge in [0.05, 0.1) is 5.01 Å². The molecule has 96 valence electrons. The van der Waals surface area contributed by atoms with Crippen molar-refractivity contribution in [1.82, 2.24) is 10.3 Å². The Kier molecular flexibility index (Phi) is 4.48. The highest BCUT2D eigenvalue weighted by atomic mass is 79.9. The van der Waals surface area contributed by atoms with Crippen molar-refractivity contribution in [3.05, 3.63) is 50.1 Å². The predicted molar refractivity (Wildman–Crippen MR) is 76.5 cm³/mol. The fraction of sp³-hybridized carbons (Fsp3) is 0.308. The quantitative estimate of drug-likeness (QED) is 0.921. The summed E-state index contributed by atoms with van der Waals surface area (Å²) in [6.07, 6.45) is 2.71. The van der Waals surface area contributed by atoms with Crippen molar-refractivity contribution in [3.63, 3.8) is 0 Å². The first-order chi connectivity index (χ1) is 8.60. The summed E-state index contributed by atoms with van der Waals surface area (Å²) in [5, 5.41) is 4.34. The zero-order chi connectivity index (χ0) is 13.1. The van der Waals surface area contributed by atoms with E-state index in [0.29, 0.717) is 0 Å². The van der Waals surface area contributed by atoms with Crippen LogP contribution in [0.2, 0.25) is 0 Å². The second-order valence-electron chi connectivity index (χ2n) is 4.06. The highest BCUT2D eigenvalue weighted by Crippen LogP contribution is 2.27. The van der Waals surface area contributed by atoms with E-state index in [1.165, 1.54) is 17.0 Å². The van der Waals surface area contributed by atoms with Crippen LogP contribution in [0.15, 0.2) is 28.9 Å². The minimum absolute atomic E-state index is 0.206. The molecule has 1 N–H and O–H groups in total. The van der Waals surface area contributed by atoms with E-state index in [2.05, 4.69) is 26.2 Å². The van der Waals surface area contributed by atoms with Gasteiger partial charge in [0.1, 0.15) is 5.82 Å². The molecule has 1 aromatic carbocycles. The van der Waals surface area contributed by atoms with E-state index in [-0.39, 0.29) is 11.9 Å². The average molecular weight is 329 g/mol. The Hall–Kier alpha value is -0.780. The van der Waals surface area contributed by atoms with Crippen LogP contribution in [0.5, 0.6) is 0 Å². The van der Waals surface area contributed by atoms with Crippen molar-refractivity contribution in [3.8, 4) is 0 Å². The summed E-state index contributed by atoms with van der Waals surface area (Å²) in [5.74, 6) is -0.222. The Labute approximate surface area is 118 Å². The van der Waals surface area contributed by atoms with Crippen LogP contribution in [-0.2, 0) is 6.42 Å². The topological polar surface area (TPSA) is 24.9 Å². The third-order valence-electron chi connectivity index (χ3n) is 2.77. The molecule has 0 aliphatic rings. The van der Waals surface area contributed by atoms with Crippen LogP contribution in [0, 0.1) is 12.7 Å². The summed E-state index contributed by atoms with van der Waals surface area (Å²) in [6, 6.07) is 5.01. The molecule has 1 heterocycles. The monoisotopic (exact) mass is 328 g/mol. The summed E-state index contributed by atoms with van der Waals surface area (Å²) >= 11 is 5.09. The van der Waals surface area contributed by atoms with Crippen LogP contribution in [0.25, 0.3) is 0 Å². The molecule has 0 amide bonds. The van der Waals surface area contributed by atoms with Crippen LogP contribution >= 0.6 is 27.3 Å². The summed E-state index contributed by atoms with van der Waals surface area (Å²) < 4.78 is 13.8. The number of benzene rings is 1. The molecule has 0 bridgehead atoms. The molecular weight excluding hydrogens is 315 g/mol. The number of aromatic nitrogens is 1. The molecule has 0 radical (unpaired) electrons. The second kappa shape index (κ2) is 5.91. The van der Waals surface area contributed by atoms with E-state index >= 15 is 0 Å². The summed E-state index contributed by atoms with van der Waals surface area (Å²) in [6.45, 7) is 1.99. The molecule has 2 aromatic rings. The van der Waals surface area contributed by atoms with E-state index in [1.54, 1.807) is 11.3 Å². The number of thiazole rings is 1. The zero-order valence-electron chi connectivity index (χ0n) is 10.2. The lowest BCUT2D eigenvalue weighted by Crippen LogP contribution is -2.18.